The van der Waals surface area contributed by atoms with Gasteiger partial charge in [0.05, 0.1) is 10.6 Å². The van der Waals surface area contributed by atoms with Crippen LogP contribution < -0.4 is 9.47 Å². The number of alkyl halides is 6. The summed E-state index contributed by atoms with van der Waals surface area (Å²) in [6.45, 7) is 0. The Labute approximate surface area is 150 Å². The molecule has 2 aromatic carbocycles. The molecule has 12 heteroatoms. The van der Waals surface area contributed by atoms with Gasteiger partial charge >= 0.3 is 18.5 Å². The van der Waals surface area contributed by atoms with Crippen LogP contribution in [-0.4, -0.2) is 17.4 Å². The molecule has 27 heavy (non-hydrogen) atoms. The van der Waals surface area contributed by atoms with Gasteiger partial charge in [-0.15, -0.1) is 13.2 Å². The highest BCUT2D eigenvalue weighted by molar-refractivity contribution is 6.32. The number of aromatic carboxylic acids is 1. The van der Waals surface area contributed by atoms with E-state index in [2.05, 4.69) is 4.74 Å². The highest BCUT2D eigenvalue weighted by atomic mass is 35.5. The molecular formula is C15H6ClF7O4. The Morgan fingerprint density at radius 3 is 2.07 bits per heavy atom. The van der Waals surface area contributed by atoms with Gasteiger partial charge in [-0.25, -0.2) is 9.18 Å². The van der Waals surface area contributed by atoms with Gasteiger partial charge in [0.15, 0.2) is 5.82 Å². The van der Waals surface area contributed by atoms with Gasteiger partial charge in [-0.05, 0) is 24.3 Å². The fraction of sp³-hybridized carbons (Fsp3) is 0.133. The van der Waals surface area contributed by atoms with Crippen molar-refractivity contribution in [3.8, 4) is 17.2 Å². The molecule has 4 nitrogen and oxygen atoms in total. The average molecular weight is 419 g/mol. The Bertz CT molecular complexity index is 878. The third kappa shape index (κ3) is 4.94. The van der Waals surface area contributed by atoms with Crippen LogP contribution in [0, 0.1) is 5.82 Å². The molecule has 146 valence electrons. The first kappa shape index (κ1) is 20.6. The van der Waals surface area contributed by atoms with Gasteiger partial charge in [-0.3, -0.25) is 0 Å². The van der Waals surface area contributed by atoms with Gasteiger partial charge in [0.25, 0.3) is 0 Å². The highest BCUT2D eigenvalue weighted by Crippen LogP contribution is 2.39. The van der Waals surface area contributed by atoms with Crippen LogP contribution in [0.4, 0.5) is 30.7 Å². The molecule has 0 aliphatic rings. The number of carboxylic acid groups (broad SMARTS) is 1. The van der Waals surface area contributed by atoms with Crippen molar-refractivity contribution in [3.05, 3.63) is 52.3 Å². The van der Waals surface area contributed by atoms with E-state index in [1.54, 1.807) is 0 Å². The molecule has 0 fully saturated rings. The normalized spacial score (nSPS) is 12.0. The maximum atomic E-state index is 14.0. The van der Waals surface area contributed by atoms with E-state index in [0.29, 0.717) is 6.07 Å². The topological polar surface area (TPSA) is 55.8 Å². The first-order chi connectivity index (χ1) is 12.3. The molecule has 0 spiro atoms. The molecule has 0 unspecified atom stereocenters. The minimum Gasteiger partial charge on any atom is -0.477 e. The standard InChI is InChI=1S/C15H6ClF7O4/c16-8-5-6(1-3-9(8)27-15(21,22)23)26-10-4-2-7(14(18,19)20)12(17)11(10)13(24)25/h1-5H,(H,24,25). The largest absolute Gasteiger partial charge is 0.573 e. The predicted molar refractivity (Wildman–Crippen MR) is 76.6 cm³/mol. The van der Waals surface area contributed by atoms with E-state index in [1.165, 1.54) is 0 Å². The Morgan fingerprint density at radius 1 is 1.00 bits per heavy atom. The smallest absolute Gasteiger partial charge is 0.477 e. The minimum absolute atomic E-state index is 0.264. The molecule has 2 rings (SSSR count). The third-order valence-electron chi connectivity index (χ3n) is 2.98. The summed E-state index contributed by atoms with van der Waals surface area (Å²) in [7, 11) is 0. The van der Waals surface area contributed by atoms with Crippen LogP contribution in [0.25, 0.3) is 0 Å². The first-order valence-electron chi connectivity index (χ1n) is 6.65. The van der Waals surface area contributed by atoms with Crippen molar-refractivity contribution >= 4 is 17.6 Å². The molecule has 0 aliphatic heterocycles. The first-order valence-corrected chi connectivity index (χ1v) is 7.03. The lowest BCUT2D eigenvalue weighted by Crippen LogP contribution is -2.17. The summed E-state index contributed by atoms with van der Waals surface area (Å²) in [6, 6.07) is 3.20. The van der Waals surface area contributed by atoms with E-state index in [-0.39, 0.29) is 11.8 Å². The Kier molecular flexibility index (Phi) is 5.45. The Morgan fingerprint density at radius 2 is 1.59 bits per heavy atom. The van der Waals surface area contributed by atoms with Crippen molar-refractivity contribution in [2.24, 2.45) is 0 Å². The zero-order chi connectivity index (χ0) is 20.6. The lowest BCUT2D eigenvalue weighted by molar-refractivity contribution is -0.274. The number of hydrogen-bond acceptors (Lipinski definition) is 3. The van der Waals surface area contributed by atoms with Crippen molar-refractivity contribution in [1.29, 1.82) is 0 Å². The summed E-state index contributed by atoms with van der Waals surface area (Å²) in [5.74, 6) is -6.09. The molecule has 0 aromatic heterocycles. The number of ether oxygens (including phenoxy) is 2. The number of carboxylic acids is 1. The summed E-state index contributed by atoms with van der Waals surface area (Å²) in [5, 5.41) is 8.39. The molecule has 0 radical (unpaired) electrons. The van der Waals surface area contributed by atoms with Crippen molar-refractivity contribution in [2.75, 3.05) is 0 Å². The lowest BCUT2D eigenvalue weighted by Gasteiger charge is -2.15. The molecule has 2 aromatic rings. The van der Waals surface area contributed by atoms with Crippen LogP contribution in [0.2, 0.25) is 5.02 Å². The SMILES string of the molecule is O=C(O)c1c(Oc2ccc(OC(F)(F)F)c(Cl)c2)ccc(C(F)(F)F)c1F. The van der Waals surface area contributed by atoms with Crippen molar-refractivity contribution in [2.45, 2.75) is 12.5 Å². The quantitative estimate of drug-likeness (QED) is 0.629. The monoisotopic (exact) mass is 418 g/mol. The summed E-state index contributed by atoms with van der Waals surface area (Å²) < 4.78 is 97.1. The van der Waals surface area contributed by atoms with Gasteiger partial charge < -0.3 is 14.6 Å². The number of carbonyl (C=O) groups is 1. The fourth-order valence-electron chi connectivity index (χ4n) is 1.94. The minimum atomic E-state index is -5.15. The second-order valence-electron chi connectivity index (χ2n) is 4.85. The van der Waals surface area contributed by atoms with Gasteiger partial charge in [0.1, 0.15) is 22.8 Å². The second-order valence-corrected chi connectivity index (χ2v) is 5.25. The van der Waals surface area contributed by atoms with E-state index < -0.39 is 52.0 Å². The summed E-state index contributed by atoms with van der Waals surface area (Å²) >= 11 is 5.58. The number of benzene rings is 2. The molecule has 0 saturated heterocycles. The maximum Gasteiger partial charge on any atom is 0.573 e. The van der Waals surface area contributed by atoms with Gasteiger partial charge in [-0.1, -0.05) is 11.6 Å². The van der Waals surface area contributed by atoms with Crippen molar-refractivity contribution in [1.82, 2.24) is 0 Å². The van der Waals surface area contributed by atoms with E-state index in [1.807, 2.05) is 0 Å². The molecule has 0 bridgehead atoms. The van der Waals surface area contributed by atoms with Crippen LogP contribution in [-0.2, 0) is 6.18 Å². The van der Waals surface area contributed by atoms with Gasteiger partial charge in [0, 0.05) is 6.07 Å². The molecule has 0 saturated carbocycles. The lowest BCUT2D eigenvalue weighted by atomic mass is 10.1. The number of hydrogen-bond donors (Lipinski definition) is 1. The molecular weight excluding hydrogens is 413 g/mol. The van der Waals surface area contributed by atoms with E-state index in [4.69, 9.17) is 21.4 Å². The molecule has 1 N–H and O–H groups in total. The third-order valence-corrected chi connectivity index (χ3v) is 3.28. The van der Waals surface area contributed by atoms with Crippen LogP contribution in [0.15, 0.2) is 30.3 Å². The Balaban J connectivity index is 2.42. The van der Waals surface area contributed by atoms with E-state index >= 15 is 0 Å². The predicted octanol–water partition coefficient (Wildman–Crippen LogP) is 5.89. The zero-order valence-corrected chi connectivity index (χ0v) is 13.3. The van der Waals surface area contributed by atoms with Crippen LogP contribution in [0.3, 0.4) is 0 Å². The molecule has 0 aliphatic carbocycles. The fourth-order valence-corrected chi connectivity index (χ4v) is 2.15. The average Bonchev–Trinajstić information content (AvgIpc) is 2.47. The highest BCUT2D eigenvalue weighted by Gasteiger charge is 2.37. The van der Waals surface area contributed by atoms with Crippen LogP contribution in [0.1, 0.15) is 15.9 Å². The van der Waals surface area contributed by atoms with E-state index in [0.717, 1.165) is 18.2 Å². The van der Waals surface area contributed by atoms with Crippen molar-refractivity contribution < 1.29 is 50.1 Å². The van der Waals surface area contributed by atoms with Crippen LogP contribution >= 0.6 is 11.6 Å². The zero-order valence-electron chi connectivity index (χ0n) is 12.6. The molecule has 0 amide bonds. The summed E-state index contributed by atoms with van der Waals surface area (Å²) in [6.07, 6.45) is -10.2. The summed E-state index contributed by atoms with van der Waals surface area (Å²) in [4.78, 5) is 11.1. The van der Waals surface area contributed by atoms with Gasteiger partial charge in [0.2, 0.25) is 0 Å². The molecule has 0 heterocycles. The van der Waals surface area contributed by atoms with Crippen molar-refractivity contribution in [3.63, 3.8) is 0 Å². The van der Waals surface area contributed by atoms with Crippen LogP contribution in [0.5, 0.6) is 17.2 Å². The van der Waals surface area contributed by atoms with E-state index in [9.17, 15) is 35.5 Å². The van der Waals surface area contributed by atoms with Gasteiger partial charge in [-0.2, -0.15) is 13.2 Å². The second kappa shape index (κ2) is 7.14. The Hall–Kier alpha value is -2.69. The maximum absolute atomic E-state index is 14.0. The molecule has 0 atom stereocenters. The summed E-state index contributed by atoms with van der Waals surface area (Å²) in [5.41, 5.74) is -3.23. The number of halogens is 8. The number of rotatable bonds is 4.